The zero-order valence-corrected chi connectivity index (χ0v) is 12.2. The number of benzene rings is 1. The van der Waals surface area contributed by atoms with Gasteiger partial charge in [0.05, 0.1) is 6.61 Å². The van der Waals surface area contributed by atoms with Gasteiger partial charge in [0.2, 0.25) is 5.75 Å². The summed E-state index contributed by atoms with van der Waals surface area (Å²) in [4.78, 5) is 33.3. The summed E-state index contributed by atoms with van der Waals surface area (Å²) in [6, 6.07) is 2.64. The number of hydrogen-bond donors (Lipinski definition) is 0. The Morgan fingerprint density at radius 3 is 1.86 bits per heavy atom. The largest absolute Gasteiger partial charge is 0.490 e. The summed E-state index contributed by atoms with van der Waals surface area (Å²) in [5.41, 5.74) is 0. The predicted octanol–water partition coefficient (Wildman–Crippen LogP) is 1.86. The third-order valence-electron chi connectivity index (χ3n) is 2.06. The molecule has 0 N–H and O–H groups in total. The Labute approximate surface area is 121 Å². The van der Waals surface area contributed by atoms with Crippen LogP contribution < -0.4 is 18.9 Å². The van der Waals surface area contributed by atoms with Crippen molar-refractivity contribution in [1.82, 2.24) is 0 Å². The van der Waals surface area contributed by atoms with Crippen LogP contribution in [0.4, 0.5) is 0 Å². The van der Waals surface area contributed by atoms with E-state index >= 15 is 0 Å². The fourth-order valence-corrected chi connectivity index (χ4v) is 1.52. The Hall–Kier alpha value is -2.57. The van der Waals surface area contributed by atoms with E-state index in [1.807, 2.05) is 0 Å². The number of carbonyl (C=O) groups is 3. The molecule has 0 aliphatic carbocycles. The minimum Gasteiger partial charge on any atom is -0.490 e. The van der Waals surface area contributed by atoms with Crippen LogP contribution in [0.25, 0.3) is 0 Å². The number of carbonyl (C=O) groups excluding carboxylic acids is 3. The maximum Gasteiger partial charge on any atom is 0.308 e. The average Bonchev–Trinajstić information content (AvgIpc) is 2.31. The van der Waals surface area contributed by atoms with Gasteiger partial charge in [-0.25, -0.2) is 0 Å². The summed E-state index contributed by atoms with van der Waals surface area (Å²) < 4.78 is 20.2. The van der Waals surface area contributed by atoms with E-state index in [4.69, 9.17) is 18.9 Å². The zero-order valence-electron chi connectivity index (χ0n) is 12.2. The molecular weight excluding hydrogens is 280 g/mol. The Kier molecular flexibility index (Phi) is 5.71. The summed E-state index contributed by atoms with van der Waals surface area (Å²) in [6.07, 6.45) is 0. The fraction of sp³-hybridized carbons (Fsp3) is 0.357. The molecule has 0 saturated carbocycles. The Morgan fingerprint density at radius 2 is 1.38 bits per heavy atom. The molecule has 0 bridgehead atoms. The van der Waals surface area contributed by atoms with E-state index in [9.17, 15) is 14.4 Å². The minimum atomic E-state index is -0.620. The zero-order chi connectivity index (χ0) is 16.0. The second-order valence-electron chi connectivity index (χ2n) is 3.96. The maximum atomic E-state index is 11.2. The van der Waals surface area contributed by atoms with Crippen molar-refractivity contribution in [3.8, 4) is 23.0 Å². The van der Waals surface area contributed by atoms with Crippen molar-refractivity contribution in [2.75, 3.05) is 6.61 Å². The molecule has 1 aromatic carbocycles. The Balaban J connectivity index is 3.36. The number of hydrogen-bond acceptors (Lipinski definition) is 7. The van der Waals surface area contributed by atoms with Gasteiger partial charge in [0, 0.05) is 32.9 Å². The molecule has 0 radical (unpaired) electrons. The molecule has 0 amide bonds. The molecule has 114 valence electrons. The van der Waals surface area contributed by atoms with Crippen molar-refractivity contribution < 1.29 is 33.3 Å². The van der Waals surface area contributed by atoms with Crippen molar-refractivity contribution in [3.63, 3.8) is 0 Å². The molecule has 0 aliphatic heterocycles. The van der Waals surface area contributed by atoms with Gasteiger partial charge in [-0.2, -0.15) is 0 Å². The van der Waals surface area contributed by atoms with Crippen LogP contribution >= 0.6 is 0 Å². The monoisotopic (exact) mass is 296 g/mol. The first-order valence-corrected chi connectivity index (χ1v) is 6.19. The number of ether oxygens (including phenoxy) is 4. The van der Waals surface area contributed by atoms with Crippen molar-refractivity contribution in [2.45, 2.75) is 27.7 Å². The molecule has 0 heterocycles. The molecule has 0 aromatic heterocycles. The van der Waals surface area contributed by atoms with E-state index in [1.54, 1.807) is 6.92 Å². The molecule has 0 aliphatic rings. The van der Waals surface area contributed by atoms with Gasteiger partial charge in [0.15, 0.2) is 11.5 Å². The third-order valence-corrected chi connectivity index (χ3v) is 2.06. The lowest BCUT2D eigenvalue weighted by molar-refractivity contribution is -0.134. The quantitative estimate of drug-likeness (QED) is 0.605. The molecule has 21 heavy (non-hydrogen) atoms. The van der Waals surface area contributed by atoms with Crippen LogP contribution in [0, 0.1) is 0 Å². The lowest BCUT2D eigenvalue weighted by Gasteiger charge is -2.15. The lowest BCUT2D eigenvalue weighted by Crippen LogP contribution is -2.10. The van der Waals surface area contributed by atoms with E-state index in [1.165, 1.54) is 32.9 Å². The van der Waals surface area contributed by atoms with E-state index in [-0.39, 0.29) is 29.6 Å². The highest BCUT2D eigenvalue weighted by atomic mass is 16.6. The van der Waals surface area contributed by atoms with Crippen molar-refractivity contribution in [3.05, 3.63) is 12.1 Å². The van der Waals surface area contributed by atoms with Gasteiger partial charge in [-0.05, 0) is 6.92 Å². The summed E-state index contributed by atoms with van der Waals surface area (Å²) in [7, 11) is 0. The van der Waals surface area contributed by atoms with E-state index < -0.39 is 17.9 Å². The molecule has 7 nitrogen and oxygen atoms in total. The van der Waals surface area contributed by atoms with Gasteiger partial charge in [0.25, 0.3) is 0 Å². The van der Waals surface area contributed by atoms with Gasteiger partial charge in [-0.1, -0.05) is 0 Å². The topological polar surface area (TPSA) is 88.1 Å². The summed E-state index contributed by atoms with van der Waals surface area (Å²) in [6.45, 7) is 5.62. The second kappa shape index (κ2) is 7.28. The molecule has 1 rings (SSSR count). The molecule has 0 atom stereocenters. The Bertz CT molecular complexity index is 563. The van der Waals surface area contributed by atoms with Crippen LogP contribution in [-0.2, 0) is 14.4 Å². The molecule has 0 saturated heterocycles. The highest BCUT2D eigenvalue weighted by molar-refractivity contribution is 5.77. The van der Waals surface area contributed by atoms with Crippen LogP contribution in [0.5, 0.6) is 23.0 Å². The van der Waals surface area contributed by atoms with Crippen LogP contribution in [0.15, 0.2) is 12.1 Å². The lowest BCUT2D eigenvalue weighted by atomic mass is 10.2. The van der Waals surface area contributed by atoms with E-state index in [0.717, 1.165) is 0 Å². The first-order valence-electron chi connectivity index (χ1n) is 6.19. The van der Waals surface area contributed by atoms with E-state index in [2.05, 4.69) is 0 Å². The molecule has 0 spiro atoms. The van der Waals surface area contributed by atoms with Crippen molar-refractivity contribution >= 4 is 17.9 Å². The fourth-order valence-electron chi connectivity index (χ4n) is 1.52. The first-order chi connectivity index (χ1) is 9.83. The normalized spacial score (nSPS) is 9.71. The summed E-state index contributed by atoms with van der Waals surface area (Å²) in [5.74, 6) is -1.65. The maximum absolute atomic E-state index is 11.2. The molecule has 0 unspecified atom stereocenters. The van der Waals surface area contributed by atoms with Crippen molar-refractivity contribution in [1.29, 1.82) is 0 Å². The standard InChI is InChI=1S/C14H16O7/c1-5-18-12-6-11(19-8(2)15)7-13(20-9(3)16)14(12)21-10(4)17/h6-7H,5H2,1-4H3. The number of rotatable bonds is 5. The second-order valence-corrected chi connectivity index (χ2v) is 3.96. The van der Waals surface area contributed by atoms with Crippen LogP contribution in [-0.4, -0.2) is 24.5 Å². The molecular formula is C14H16O7. The Morgan fingerprint density at radius 1 is 0.857 bits per heavy atom. The van der Waals surface area contributed by atoms with Crippen LogP contribution in [0.1, 0.15) is 27.7 Å². The SMILES string of the molecule is CCOc1cc(OC(C)=O)cc(OC(C)=O)c1OC(C)=O. The summed E-state index contributed by atoms with van der Waals surface area (Å²) >= 11 is 0. The highest BCUT2D eigenvalue weighted by Gasteiger charge is 2.19. The van der Waals surface area contributed by atoms with Crippen LogP contribution in [0.2, 0.25) is 0 Å². The van der Waals surface area contributed by atoms with Gasteiger partial charge in [0.1, 0.15) is 5.75 Å². The summed E-state index contributed by atoms with van der Waals surface area (Å²) in [5, 5.41) is 0. The third kappa shape index (κ3) is 5.13. The number of esters is 3. The minimum absolute atomic E-state index is 0.0459. The predicted molar refractivity (Wildman–Crippen MR) is 71.5 cm³/mol. The van der Waals surface area contributed by atoms with Gasteiger partial charge in [-0.3, -0.25) is 14.4 Å². The molecule has 0 fully saturated rings. The first kappa shape index (κ1) is 16.5. The molecule has 7 heteroatoms. The van der Waals surface area contributed by atoms with Gasteiger partial charge >= 0.3 is 17.9 Å². The van der Waals surface area contributed by atoms with Crippen LogP contribution in [0.3, 0.4) is 0 Å². The highest BCUT2D eigenvalue weighted by Crippen LogP contribution is 2.41. The van der Waals surface area contributed by atoms with E-state index in [0.29, 0.717) is 0 Å². The smallest absolute Gasteiger partial charge is 0.308 e. The molecule has 1 aromatic rings. The van der Waals surface area contributed by atoms with Crippen molar-refractivity contribution in [2.24, 2.45) is 0 Å². The van der Waals surface area contributed by atoms with Gasteiger partial charge < -0.3 is 18.9 Å². The average molecular weight is 296 g/mol. The van der Waals surface area contributed by atoms with Gasteiger partial charge in [-0.15, -0.1) is 0 Å².